The van der Waals surface area contributed by atoms with Crippen LogP contribution in [0.1, 0.15) is 70.9 Å². The minimum atomic E-state index is -4.75. The lowest BCUT2D eigenvalue weighted by Gasteiger charge is -2.44. The van der Waals surface area contributed by atoms with E-state index in [1.54, 1.807) is 38.2 Å². The lowest BCUT2D eigenvalue weighted by molar-refractivity contribution is -0.137. The number of hydrogen-bond donors (Lipinski definition) is 1. The lowest BCUT2D eigenvalue weighted by Crippen LogP contribution is -2.57. The van der Waals surface area contributed by atoms with Crippen molar-refractivity contribution in [3.8, 4) is 11.9 Å². The number of carbonyl (C=O) groups is 3. The number of benzene rings is 1. The van der Waals surface area contributed by atoms with Gasteiger partial charge in [-0.1, -0.05) is 0 Å². The first kappa shape index (κ1) is 40.3. The standard InChI is InChI=1S/C38H47F3N8O5S/c1-24-22-45(23-25(2)46(24)16-18-54-33-12-9-29(21-43-33)47-14-13-32(50)44-35(47)52)15-17-53-30-10-7-27(8-11-30)49-36(55)48(34(51)37(49,3)4)28-6-5-26(20-42)31(19-28)38(39,40)41/h5-6,9,12,19,21,24-25,27,30H,7-8,10-11,13-18,22-23H2,1-4H3,(H,44,50,52)/t24-,25+,27-,30-. The van der Waals surface area contributed by atoms with Gasteiger partial charge >= 0.3 is 12.2 Å². The second-order valence-electron chi connectivity index (χ2n) is 15.1. The summed E-state index contributed by atoms with van der Waals surface area (Å²) in [6.45, 7) is 12.6. The zero-order valence-electron chi connectivity index (χ0n) is 31.5. The number of pyridine rings is 1. The first-order valence-corrected chi connectivity index (χ1v) is 19.1. The first-order chi connectivity index (χ1) is 26.1. The fourth-order valence-corrected chi connectivity index (χ4v) is 8.81. The Hall–Kier alpha value is -4.37. The Balaban J connectivity index is 0.927. The quantitative estimate of drug-likeness (QED) is 0.311. The number of nitrogens with one attached hydrogen (secondary N) is 1. The number of anilines is 2. The van der Waals surface area contributed by atoms with Crippen LogP contribution in [0.4, 0.5) is 29.3 Å². The van der Waals surface area contributed by atoms with Gasteiger partial charge in [-0.05, 0) is 89.9 Å². The Morgan fingerprint density at radius 3 is 2.31 bits per heavy atom. The highest BCUT2D eigenvalue weighted by atomic mass is 32.1. The maximum Gasteiger partial charge on any atom is 0.417 e. The fourth-order valence-electron chi connectivity index (χ4n) is 8.25. The van der Waals surface area contributed by atoms with Crippen molar-refractivity contribution >= 4 is 46.6 Å². The lowest BCUT2D eigenvalue weighted by atomic mass is 9.89. The Morgan fingerprint density at radius 2 is 1.69 bits per heavy atom. The van der Waals surface area contributed by atoms with E-state index < -0.39 is 34.8 Å². The molecule has 4 heterocycles. The van der Waals surface area contributed by atoms with Crippen LogP contribution in [0.5, 0.6) is 5.88 Å². The summed E-state index contributed by atoms with van der Waals surface area (Å²) in [7, 11) is 0. The molecule has 3 saturated heterocycles. The molecule has 1 aromatic carbocycles. The number of ether oxygens (including phenoxy) is 2. The molecular formula is C38H47F3N8O5S. The van der Waals surface area contributed by atoms with Crippen LogP contribution in [0.2, 0.25) is 0 Å². The fraction of sp³-hybridized carbons (Fsp3) is 0.579. The van der Waals surface area contributed by atoms with Crippen LogP contribution >= 0.6 is 12.2 Å². The normalized spacial score (nSPS) is 25.3. The molecule has 3 aliphatic heterocycles. The number of imide groups is 1. The van der Waals surface area contributed by atoms with Gasteiger partial charge in [0.2, 0.25) is 11.8 Å². The zero-order chi connectivity index (χ0) is 39.7. The summed E-state index contributed by atoms with van der Waals surface area (Å²) < 4.78 is 53.4. The Morgan fingerprint density at radius 1 is 1.00 bits per heavy atom. The predicted molar refractivity (Wildman–Crippen MR) is 201 cm³/mol. The molecule has 0 radical (unpaired) electrons. The number of nitrogens with zero attached hydrogens (tertiary/aromatic N) is 7. The number of rotatable bonds is 11. The average molecular weight is 785 g/mol. The highest BCUT2D eigenvalue weighted by Gasteiger charge is 2.52. The van der Waals surface area contributed by atoms with E-state index in [0.717, 1.165) is 64.0 Å². The number of alkyl halides is 3. The van der Waals surface area contributed by atoms with Crippen molar-refractivity contribution in [3.05, 3.63) is 47.7 Å². The summed E-state index contributed by atoms with van der Waals surface area (Å²) in [5.74, 6) is -0.220. The largest absolute Gasteiger partial charge is 0.476 e. The minimum Gasteiger partial charge on any atom is -0.476 e. The molecular weight excluding hydrogens is 738 g/mol. The summed E-state index contributed by atoms with van der Waals surface area (Å²) in [5.41, 5.74) is -2.06. The summed E-state index contributed by atoms with van der Waals surface area (Å²) in [6, 6.07) is 8.40. The number of thiocarbonyl (C=S) groups is 1. The van der Waals surface area contributed by atoms with Gasteiger partial charge in [0, 0.05) is 63.3 Å². The number of hydrogen-bond acceptors (Lipinski definition) is 10. The van der Waals surface area contributed by atoms with E-state index in [4.69, 9.17) is 21.7 Å². The van der Waals surface area contributed by atoms with Crippen LogP contribution in [-0.2, 0) is 20.5 Å². The Labute approximate surface area is 324 Å². The minimum absolute atomic E-state index is 0.00156. The van der Waals surface area contributed by atoms with Gasteiger partial charge in [0.05, 0.1) is 47.5 Å². The van der Waals surface area contributed by atoms with Crippen LogP contribution < -0.4 is 19.9 Å². The molecule has 0 unspecified atom stereocenters. The van der Waals surface area contributed by atoms with E-state index in [1.807, 2.05) is 4.90 Å². The molecule has 4 fully saturated rings. The van der Waals surface area contributed by atoms with Crippen molar-refractivity contribution in [2.75, 3.05) is 55.7 Å². The van der Waals surface area contributed by atoms with Crippen LogP contribution in [-0.4, -0.2) is 118 Å². The summed E-state index contributed by atoms with van der Waals surface area (Å²) in [5, 5.41) is 11.7. The maximum atomic E-state index is 13.7. The Bertz CT molecular complexity index is 1800. The molecule has 4 amide bonds. The van der Waals surface area contributed by atoms with Crippen molar-refractivity contribution in [2.45, 2.75) is 95.7 Å². The predicted octanol–water partition coefficient (Wildman–Crippen LogP) is 4.93. The van der Waals surface area contributed by atoms with Gasteiger partial charge in [0.1, 0.15) is 12.1 Å². The van der Waals surface area contributed by atoms with Crippen molar-refractivity contribution in [1.82, 2.24) is 25.0 Å². The molecule has 55 heavy (non-hydrogen) atoms. The van der Waals surface area contributed by atoms with Crippen molar-refractivity contribution in [3.63, 3.8) is 0 Å². The molecule has 13 nitrogen and oxygen atoms in total. The van der Waals surface area contributed by atoms with E-state index in [9.17, 15) is 32.8 Å². The first-order valence-electron chi connectivity index (χ1n) is 18.7. The molecule has 2 atom stereocenters. The molecule has 6 rings (SSSR count). The number of carbonyl (C=O) groups excluding carboxylic acids is 3. The van der Waals surface area contributed by atoms with Gasteiger partial charge in [0.25, 0.3) is 5.91 Å². The zero-order valence-corrected chi connectivity index (χ0v) is 32.3. The highest BCUT2D eigenvalue weighted by Crippen LogP contribution is 2.40. The topological polar surface area (TPSA) is 135 Å². The van der Waals surface area contributed by atoms with Gasteiger partial charge in [0.15, 0.2) is 5.11 Å². The van der Waals surface area contributed by atoms with Gasteiger partial charge in [-0.25, -0.2) is 9.78 Å². The number of amides is 4. The molecule has 17 heteroatoms. The third kappa shape index (κ3) is 8.72. The summed E-state index contributed by atoms with van der Waals surface area (Å²) in [4.78, 5) is 50.8. The molecule has 1 aliphatic carbocycles. The van der Waals surface area contributed by atoms with Crippen LogP contribution in [0.3, 0.4) is 0 Å². The third-order valence-corrected chi connectivity index (χ3v) is 11.4. The SMILES string of the molecule is C[C@@H]1CN(CCO[C@H]2CC[C@H](N3C(=S)N(c4ccc(C#N)c(C(F)(F)F)c4)C(=O)C3(C)C)CC2)C[C@H](C)N1CCOc1ccc(N2CCC(=O)NC2=O)cn1. The molecule has 0 bridgehead atoms. The van der Waals surface area contributed by atoms with E-state index in [2.05, 4.69) is 33.9 Å². The number of aromatic nitrogens is 1. The van der Waals surface area contributed by atoms with Crippen LogP contribution in [0.15, 0.2) is 36.5 Å². The number of piperazine rings is 1. The summed E-state index contributed by atoms with van der Waals surface area (Å²) >= 11 is 5.74. The van der Waals surface area contributed by atoms with Gasteiger partial charge < -0.3 is 14.4 Å². The molecule has 0 spiro atoms. The summed E-state index contributed by atoms with van der Waals surface area (Å²) in [6.07, 6.45) is 0.123. The number of urea groups is 1. The third-order valence-electron chi connectivity index (χ3n) is 11.0. The van der Waals surface area contributed by atoms with Crippen molar-refractivity contribution < 1.29 is 37.0 Å². The molecule has 296 valence electrons. The average Bonchev–Trinajstić information content (AvgIpc) is 3.31. The molecule has 4 aliphatic rings. The van der Waals surface area contributed by atoms with E-state index >= 15 is 0 Å². The number of halogens is 3. The van der Waals surface area contributed by atoms with Crippen LogP contribution in [0, 0.1) is 11.3 Å². The molecule has 2 aromatic rings. The van der Waals surface area contributed by atoms with Crippen LogP contribution in [0.25, 0.3) is 0 Å². The molecule has 1 N–H and O–H groups in total. The van der Waals surface area contributed by atoms with Gasteiger partial charge in [-0.2, -0.15) is 18.4 Å². The maximum absolute atomic E-state index is 13.7. The van der Waals surface area contributed by atoms with E-state index in [0.29, 0.717) is 43.4 Å². The molecule has 1 saturated carbocycles. The second-order valence-corrected chi connectivity index (χ2v) is 15.5. The number of nitriles is 1. The highest BCUT2D eigenvalue weighted by molar-refractivity contribution is 7.80. The van der Waals surface area contributed by atoms with E-state index in [1.165, 1.54) is 15.9 Å². The monoisotopic (exact) mass is 784 g/mol. The molecule has 1 aromatic heterocycles. The van der Waals surface area contributed by atoms with Gasteiger partial charge in [-0.3, -0.25) is 34.5 Å². The Kier molecular flexibility index (Phi) is 12.0. The second kappa shape index (κ2) is 16.4. The van der Waals surface area contributed by atoms with Crippen molar-refractivity contribution in [2.24, 2.45) is 0 Å². The smallest absolute Gasteiger partial charge is 0.417 e. The van der Waals surface area contributed by atoms with Gasteiger partial charge in [-0.15, -0.1) is 0 Å². The van der Waals surface area contributed by atoms with Crippen molar-refractivity contribution in [1.29, 1.82) is 5.26 Å². The van der Waals surface area contributed by atoms with E-state index in [-0.39, 0.29) is 35.3 Å².